The number of rotatable bonds is 4. The van der Waals surface area contributed by atoms with Crippen molar-refractivity contribution in [2.45, 2.75) is 20.4 Å². The third-order valence-electron chi connectivity index (χ3n) is 3.90. The lowest BCUT2D eigenvalue weighted by molar-refractivity contribution is 0.102. The minimum Gasteiger partial charge on any atom is -0.304 e. The Morgan fingerprint density at radius 3 is 2.62 bits per heavy atom. The van der Waals surface area contributed by atoms with Crippen molar-refractivity contribution < 1.29 is 4.79 Å². The van der Waals surface area contributed by atoms with Crippen molar-refractivity contribution in [2.75, 3.05) is 5.32 Å². The predicted molar refractivity (Wildman–Crippen MR) is 109 cm³/mol. The molecule has 1 aromatic heterocycles. The average molecular weight is 453 g/mol. The highest BCUT2D eigenvalue weighted by molar-refractivity contribution is 9.10. The monoisotopic (exact) mass is 451 g/mol. The summed E-state index contributed by atoms with van der Waals surface area (Å²) >= 11 is 15.4. The maximum atomic E-state index is 12.5. The molecule has 0 bridgehead atoms. The molecular formula is C19H16BrCl2N3O. The Kier molecular flexibility index (Phi) is 5.70. The Hall–Kier alpha value is -1.82. The minimum absolute atomic E-state index is 0.192. The van der Waals surface area contributed by atoms with Crippen LogP contribution in [0.25, 0.3) is 0 Å². The average Bonchev–Trinajstić information content (AvgIpc) is 2.90. The zero-order chi connectivity index (χ0) is 18.8. The predicted octanol–water partition coefficient (Wildman–Crippen LogP) is 5.87. The number of benzene rings is 2. The highest BCUT2D eigenvalue weighted by atomic mass is 79.9. The van der Waals surface area contributed by atoms with Crippen LogP contribution in [0.4, 0.5) is 5.82 Å². The number of nitrogens with zero attached hydrogens (tertiary/aromatic N) is 2. The summed E-state index contributed by atoms with van der Waals surface area (Å²) in [6, 6.07) is 11.2. The van der Waals surface area contributed by atoms with Crippen LogP contribution >= 0.6 is 39.1 Å². The van der Waals surface area contributed by atoms with Crippen molar-refractivity contribution in [2.24, 2.45) is 0 Å². The molecule has 26 heavy (non-hydrogen) atoms. The van der Waals surface area contributed by atoms with Crippen LogP contribution in [0.1, 0.15) is 27.0 Å². The first kappa shape index (κ1) is 19.0. The summed E-state index contributed by atoms with van der Waals surface area (Å²) in [5.41, 5.74) is 3.63. The molecule has 0 saturated carbocycles. The standard InChI is InChI=1S/C19H16BrCl2N3O/c1-11-3-5-14(12(2)7-11)19(26)23-18-15(20)10-25(24-18)9-13-4-6-16(21)17(22)8-13/h3-8,10H,9H2,1-2H3,(H,23,24,26). The molecule has 3 aromatic rings. The quantitative estimate of drug-likeness (QED) is 0.538. The van der Waals surface area contributed by atoms with Gasteiger partial charge in [-0.1, -0.05) is 47.0 Å². The second-order valence-corrected chi connectivity index (χ2v) is 7.71. The van der Waals surface area contributed by atoms with Gasteiger partial charge in [0.05, 0.1) is 21.1 Å². The molecule has 2 aromatic carbocycles. The van der Waals surface area contributed by atoms with E-state index in [2.05, 4.69) is 26.3 Å². The molecule has 1 N–H and O–H groups in total. The van der Waals surface area contributed by atoms with E-state index in [0.717, 1.165) is 16.7 Å². The maximum Gasteiger partial charge on any atom is 0.257 e. The summed E-state index contributed by atoms with van der Waals surface area (Å²) in [7, 11) is 0. The molecular weight excluding hydrogens is 437 g/mol. The normalized spacial score (nSPS) is 10.8. The van der Waals surface area contributed by atoms with Gasteiger partial charge >= 0.3 is 0 Å². The van der Waals surface area contributed by atoms with Crippen LogP contribution in [0.15, 0.2) is 47.1 Å². The summed E-state index contributed by atoms with van der Waals surface area (Å²) in [6.45, 7) is 4.42. The fourth-order valence-corrected chi connectivity index (χ4v) is 3.37. The third kappa shape index (κ3) is 4.29. The zero-order valence-corrected chi connectivity index (χ0v) is 17.3. The Morgan fingerprint density at radius 2 is 1.92 bits per heavy atom. The maximum absolute atomic E-state index is 12.5. The van der Waals surface area contributed by atoms with Crippen LogP contribution in [0.3, 0.4) is 0 Å². The van der Waals surface area contributed by atoms with Crippen molar-refractivity contribution in [3.8, 4) is 0 Å². The molecule has 0 aliphatic heterocycles. The lowest BCUT2D eigenvalue weighted by atomic mass is 10.1. The van der Waals surface area contributed by atoms with E-state index < -0.39 is 0 Å². The number of anilines is 1. The van der Waals surface area contributed by atoms with Gasteiger partial charge in [0.2, 0.25) is 0 Å². The lowest BCUT2D eigenvalue weighted by Gasteiger charge is -2.07. The number of carbonyl (C=O) groups is 1. The van der Waals surface area contributed by atoms with Crippen molar-refractivity contribution in [3.63, 3.8) is 0 Å². The van der Waals surface area contributed by atoms with Crippen molar-refractivity contribution >= 4 is 50.9 Å². The number of carbonyl (C=O) groups excluding carboxylic acids is 1. The van der Waals surface area contributed by atoms with E-state index in [4.69, 9.17) is 23.2 Å². The Labute approximate surface area is 170 Å². The third-order valence-corrected chi connectivity index (χ3v) is 5.22. The molecule has 4 nitrogen and oxygen atoms in total. The second kappa shape index (κ2) is 7.82. The molecule has 3 rings (SSSR count). The van der Waals surface area contributed by atoms with Crippen LogP contribution in [0.2, 0.25) is 10.0 Å². The van der Waals surface area contributed by atoms with Gasteiger partial charge in [-0.25, -0.2) is 0 Å². The number of hydrogen-bond donors (Lipinski definition) is 1. The van der Waals surface area contributed by atoms with Gasteiger partial charge in [-0.05, 0) is 59.1 Å². The van der Waals surface area contributed by atoms with Crippen LogP contribution in [-0.2, 0) is 6.54 Å². The van der Waals surface area contributed by atoms with E-state index in [-0.39, 0.29) is 5.91 Å². The fourth-order valence-electron chi connectivity index (χ4n) is 2.63. The van der Waals surface area contributed by atoms with E-state index in [1.807, 2.05) is 38.1 Å². The van der Waals surface area contributed by atoms with Crippen LogP contribution < -0.4 is 5.32 Å². The first-order valence-electron chi connectivity index (χ1n) is 7.89. The van der Waals surface area contributed by atoms with Gasteiger partial charge in [-0.2, -0.15) is 5.10 Å². The van der Waals surface area contributed by atoms with Gasteiger partial charge in [0.1, 0.15) is 0 Å². The van der Waals surface area contributed by atoms with E-state index in [1.165, 1.54) is 0 Å². The molecule has 0 radical (unpaired) electrons. The van der Waals surface area contributed by atoms with Crippen LogP contribution in [0, 0.1) is 13.8 Å². The summed E-state index contributed by atoms with van der Waals surface area (Å²) in [5, 5.41) is 8.29. The zero-order valence-electron chi connectivity index (χ0n) is 14.2. The summed E-state index contributed by atoms with van der Waals surface area (Å²) in [6.07, 6.45) is 1.81. The smallest absolute Gasteiger partial charge is 0.257 e. The molecule has 0 aliphatic carbocycles. The Morgan fingerprint density at radius 1 is 1.15 bits per heavy atom. The Balaban J connectivity index is 1.77. The lowest BCUT2D eigenvalue weighted by Crippen LogP contribution is -2.14. The van der Waals surface area contributed by atoms with Gasteiger partial charge in [-0.3, -0.25) is 9.48 Å². The van der Waals surface area contributed by atoms with Gasteiger partial charge in [-0.15, -0.1) is 0 Å². The molecule has 134 valence electrons. The molecule has 0 unspecified atom stereocenters. The number of hydrogen-bond acceptors (Lipinski definition) is 2. The number of aromatic nitrogens is 2. The van der Waals surface area contributed by atoms with Crippen molar-refractivity contribution in [1.82, 2.24) is 9.78 Å². The largest absolute Gasteiger partial charge is 0.304 e. The second-order valence-electron chi connectivity index (χ2n) is 6.04. The van der Waals surface area contributed by atoms with Gasteiger partial charge in [0.25, 0.3) is 5.91 Å². The Bertz CT molecular complexity index is 985. The first-order chi connectivity index (χ1) is 12.3. The summed E-state index contributed by atoms with van der Waals surface area (Å²) in [4.78, 5) is 12.5. The van der Waals surface area contributed by atoms with E-state index in [1.54, 1.807) is 23.0 Å². The van der Waals surface area contributed by atoms with E-state index >= 15 is 0 Å². The number of aryl methyl sites for hydroxylation is 2. The van der Waals surface area contributed by atoms with E-state index in [0.29, 0.717) is 32.4 Å². The number of nitrogens with one attached hydrogen (secondary N) is 1. The van der Waals surface area contributed by atoms with Gasteiger partial charge < -0.3 is 5.32 Å². The van der Waals surface area contributed by atoms with Gasteiger partial charge in [0.15, 0.2) is 5.82 Å². The molecule has 7 heteroatoms. The number of amides is 1. The van der Waals surface area contributed by atoms with Crippen molar-refractivity contribution in [3.05, 3.63) is 79.4 Å². The molecule has 0 aliphatic rings. The molecule has 0 saturated heterocycles. The summed E-state index contributed by atoms with van der Waals surface area (Å²) in [5.74, 6) is 0.276. The molecule has 0 fully saturated rings. The van der Waals surface area contributed by atoms with Crippen LogP contribution in [0.5, 0.6) is 0 Å². The van der Waals surface area contributed by atoms with Gasteiger partial charge in [0, 0.05) is 11.8 Å². The highest BCUT2D eigenvalue weighted by Gasteiger charge is 2.14. The molecule has 1 amide bonds. The van der Waals surface area contributed by atoms with Crippen LogP contribution in [-0.4, -0.2) is 15.7 Å². The highest BCUT2D eigenvalue weighted by Crippen LogP contribution is 2.25. The molecule has 0 atom stereocenters. The molecule has 1 heterocycles. The minimum atomic E-state index is -0.192. The summed E-state index contributed by atoms with van der Waals surface area (Å²) < 4.78 is 2.43. The topological polar surface area (TPSA) is 46.9 Å². The molecule has 0 spiro atoms. The van der Waals surface area contributed by atoms with Crippen molar-refractivity contribution in [1.29, 1.82) is 0 Å². The fraction of sp³-hybridized carbons (Fsp3) is 0.158. The first-order valence-corrected chi connectivity index (χ1v) is 9.44. The van der Waals surface area contributed by atoms with E-state index in [9.17, 15) is 4.79 Å². The SMILES string of the molecule is Cc1ccc(C(=O)Nc2nn(Cc3ccc(Cl)c(Cl)c3)cc2Br)c(C)c1. The number of halogens is 3.